The van der Waals surface area contributed by atoms with E-state index in [2.05, 4.69) is 51.4 Å². The summed E-state index contributed by atoms with van der Waals surface area (Å²) in [5, 5.41) is 4.38. The zero-order chi connectivity index (χ0) is 11.8. The fourth-order valence-electron chi connectivity index (χ4n) is 2.35. The van der Waals surface area contributed by atoms with Crippen molar-refractivity contribution in [3.8, 4) is 0 Å². The molecule has 2 heterocycles. The van der Waals surface area contributed by atoms with E-state index in [4.69, 9.17) is 0 Å². The first-order valence-electron chi connectivity index (χ1n) is 5.92. The lowest BCUT2D eigenvalue weighted by molar-refractivity contribution is 0.0865. The van der Waals surface area contributed by atoms with Crippen LogP contribution in [0.25, 0.3) is 0 Å². The third-order valence-corrected chi connectivity index (χ3v) is 4.01. The Morgan fingerprint density at radius 2 is 1.94 bits per heavy atom. The van der Waals surface area contributed by atoms with Crippen LogP contribution in [0.2, 0.25) is 0 Å². The van der Waals surface area contributed by atoms with Crippen molar-refractivity contribution in [2.75, 3.05) is 13.1 Å². The second-order valence-corrected chi connectivity index (χ2v) is 6.30. The monoisotopic (exact) mass is 285 g/mol. The van der Waals surface area contributed by atoms with Gasteiger partial charge in [0.25, 0.3) is 0 Å². The molecule has 0 aromatic carbocycles. The number of likely N-dealkylation sites (tertiary alicyclic amines) is 1. The van der Waals surface area contributed by atoms with Crippen molar-refractivity contribution in [1.29, 1.82) is 0 Å². The molecule has 0 radical (unpaired) electrons. The SMILES string of the molecule is CC(C)(C)N1CCC(n2nccc2Br)CC1. The van der Waals surface area contributed by atoms with E-state index in [1.807, 2.05) is 12.3 Å². The summed E-state index contributed by atoms with van der Waals surface area (Å²) in [5.74, 6) is 0. The maximum Gasteiger partial charge on any atom is 0.104 e. The fourth-order valence-corrected chi connectivity index (χ4v) is 2.85. The first kappa shape index (κ1) is 12.1. The van der Waals surface area contributed by atoms with Crippen molar-refractivity contribution < 1.29 is 0 Å². The van der Waals surface area contributed by atoms with Crippen LogP contribution in [0.3, 0.4) is 0 Å². The van der Waals surface area contributed by atoms with Crippen LogP contribution in [0.15, 0.2) is 16.9 Å². The lowest BCUT2D eigenvalue weighted by Crippen LogP contribution is -2.46. The first-order valence-corrected chi connectivity index (χ1v) is 6.72. The molecule has 0 unspecified atom stereocenters. The number of halogens is 1. The van der Waals surface area contributed by atoms with E-state index in [-0.39, 0.29) is 0 Å². The van der Waals surface area contributed by atoms with Crippen LogP contribution in [0.5, 0.6) is 0 Å². The van der Waals surface area contributed by atoms with Gasteiger partial charge in [0.2, 0.25) is 0 Å². The smallest absolute Gasteiger partial charge is 0.104 e. The Labute approximate surface area is 106 Å². The Morgan fingerprint density at radius 1 is 1.31 bits per heavy atom. The molecule has 1 aliphatic rings. The zero-order valence-electron chi connectivity index (χ0n) is 10.3. The molecule has 1 saturated heterocycles. The van der Waals surface area contributed by atoms with Crippen LogP contribution >= 0.6 is 15.9 Å². The summed E-state index contributed by atoms with van der Waals surface area (Å²) < 4.78 is 3.21. The normalized spacial score (nSPS) is 20.2. The second-order valence-electron chi connectivity index (χ2n) is 5.49. The van der Waals surface area contributed by atoms with Gasteiger partial charge in [0, 0.05) is 18.6 Å². The van der Waals surface area contributed by atoms with Gasteiger partial charge in [-0.25, -0.2) is 0 Å². The van der Waals surface area contributed by atoms with E-state index in [0.29, 0.717) is 11.6 Å². The van der Waals surface area contributed by atoms with E-state index in [0.717, 1.165) is 4.60 Å². The van der Waals surface area contributed by atoms with Crippen molar-refractivity contribution in [1.82, 2.24) is 14.7 Å². The Hall–Kier alpha value is -0.350. The van der Waals surface area contributed by atoms with Crippen LogP contribution in [0, 0.1) is 0 Å². The molecule has 4 heteroatoms. The zero-order valence-corrected chi connectivity index (χ0v) is 11.9. The van der Waals surface area contributed by atoms with Crippen LogP contribution in [0.1, 0.15) is 39.7 Å². The summed E-state index contributed by atoms with van der Waals surface area (Å²) in [6.45, 7) is 9.20. The lowest BCUT2D eigenvalue weighted by Gasteiger charge is -2.41. The van der Waals surface area contributed by atoms with Crippen molar-refractivity contribution in [3.63, 3.8) is 0 Å². The summed E-state index contributed by atoms with van der Waals surface area (Å²) in [6, 6.07) is 2.57. The van der Waals surface area contributed by atoms with E-state index in [9.17, 15) is 0 Å². The van der Waals surface area contributed by atoms with Gasteiger partial charge in [-0.2, -0.15) is 5.10 Å². The quantitative estimate of drug-likeness (QED) is 0.791. The molecular weight excluding hydrogens is 266 g/mol. The van der Waals surface area contributed by atoms with Gasteiger partial charge in [-0.05, 0) is 55.6 Å². The Morgan fingerprint density at radius 3 is 2.38 bits per heavy atom. The van der Waals surface area contributed by atoms with Gasteiger partial charge in [0.15, 0.2) is 0 Å². The predicted molar refractivity (Wildman–Crippen MR) is 69.5 cm³/mol. The average Bonchev–Trinajstić information content (AvgIpc) is 2.63. The number of rotatable bonds is 1. The molecule has 0 saturated carbocycles. The molecule has 1 aliphatic heterocycles. The van der Waals surface area contributed by atoms with Gasteiger partial charge in [0.1, 0.15) is 4.60 Å². The van der Waals surface area contributed by atoms with Crippen LogP contribution in [-0.4, -0.2) is 33.3 Å². The molecule has 0 aliphatic carbocycles. The summed E-state index contributed by atoms with van der Waals surface area (Å²) in [4.78, 5) is 2.56. The van der Waals surface area contributed by atoms with Crippen LogP contribution < -0.4 is 0 Å². The molecule has 2 rings (SSSR count). The van der Waals surface area contributed by atoms with E-state index in [1.165, 1.54) is 25.9 Å². The molecular formula is C12H20BrN3. The maximum atomic E-state index is 4.38. The van der Waals surface area contributed by atoms with Crippen molar-refractivity contribution in [3.05, 3.63) is 16.9 Å². The first-order chi connectivity index (χ1) is 7.48. The van der Waals surface area contributed by atoms with E-state index >= 15 is 0 Å². The highest BCUT2D eigenvalue weighted by Gasteiger charge is 2.28. The highest BCUT2D eigenvalue weighted by atomic mass is 79.9. The number of hydrogen-bond acceptors (Lipinski definition) is 2. The summed E-state index contributed by atoms with van der Waals surface area (Å²) in [7, 11) is 0. The topological polar surface area (TPSA) is 21.1 Å². The van der Waals surface area contributed by atoms with Crippen molar-refractivity contribution in [2.24, 2.45) is 0 Å². The molecule has 0 N–H and O–H groups in total. The minimum atomic E-state index is 0.298. The molecule has 1 aromatic heterocycles. The minimum absolute atomic E-state index is 0.298. The molecule has 0 atom stereocenters. The van der Waals surface area contributed by atoms with Crippen LogP contribution in [-0.2, 0) is 0 Å². The highest BCUT2D eigenvalue weighted by molar-refractivity contribution is 9.10. The molecule has 16 heavy (non-hydrogen) atoms. The third-order valence-electron chi connectivity index (χ3n) is 3.38. The second kappa shape index (κ2) is 4.49. The van der Waals surface area contributed by atoms with Crippen LogP contribution in [0.4, 0.5) is 0 Å². The van der Waals surface area contributed by atoms with Crippen molar-refractivity contribution >= 4 is 15.9 Å². The predicted octanol–water partition coefficient (Wildman–Crippen LogP) is 3.08. The molecule has 3 nitrogen and oxygen atoms in total. The molecule has 0 spiro atoms. The van der Waals surface area contributed by atoms with E-state index in [1.54, 1.807) is 0 Å². The molecule has 0 bridgehead atoms. The van der Waals surface area contributed by atoms with Crippen molar-refractivity contribution in [2.45, 2.75) is 45.2 Å². The summed E-state index contributed by atoms with van der Waals surface area (Å²) >= 11 is 3.54. The van der Waals surface area contributed by atoms with Gasteiger partial charge in [-0.3, -0.25) is 9.58 Å². The molecule has 90 valence electrons. The number of piperidine rings is 1. The van der Waals surface area contributed by atoms with Gasteiger partial charge in [-0.15, -0.1) is 0 Å². The third kappa shape index (κ3) is 2.48. The highest BCUT2D eigenvalue weighted by Crippen LogP contribution is 2.28. The molecule has 0 amide bonds. The Balaban J connectivity index is 1.98. The minimum Gasteiger partial charge on any atom is -0.298 e. The van der Waals surface area contributed by atoms with E-state index < -0.39 is 0 Å². The van der Waals surface area contributed by atoms with Gasteiger partial charge in [0.05, 0.1) is 12.2 Å². The molecule has 1 fully saturated rings. The summed E-state index contributed by atoms with van der Waals surface area (Å²) in [6.07, 6.45) is 4.25. The standard InChI is InChI=1S/C12H20BrN3/c1-12(2,3)15-8-5-10(6-9-15)16-11(13)4-7-14-16/h4,7,10H,5-6,8-9H2,1-3H3. The average molecular weight is 286 g/mol. The summed E-state index contributed by atoms with van der Waals surface area (Å²) in [5.41, 5.74) is 0.298. The number of hydrogen-bond donors (Lipinski definition) is 0. The van der Waals surface area contributed by atoms with Gasteiger partial charge >= 0.3 is 0 Å². The number of aromatic nitrogens is 2. The largest absolute Gasteiger partial charge is 0.298 e. The maximum absolute atomic E-state index is 4.38. The Kier molecular flexibility index (Phi) is 3.40. The van der Waals surface area contributed by atoms with Gasteiger partial charge < -0.3 is 0 Å². The lowest BCUT2D eigenvalue weighted by atomic mass is 9.98. The fraction of sp³-hybridized carbons (Fsp3) is 0.750. The molecule has 1 aromatic rings. The van der Waals surface area contributed by atoms with Gasteiger partial charge in [-0.1, -0.05) is 0 Å². The number of nitrogens with zero attached hydrogens (tertiary/aromatic N) is 3. The Bertz CT molecular complexity index is 345.